The van der Waals surface area contributed by atoms with Crippen LogP contribution in [0.15, 0.2) is 66.7 Å². The van der Waals surface area contributed by atoms with E-state index < -0.39 is 0 Å². The van der Waals surface area contributed by atoms with E-state index in [-0.39, 0.29) is 11.8 Å². The monoisotopic (exact) mass is 495 g/mol. The maximum Gasteiger partial charge on any atom is 0.246 e. The number of nitrogens with zero attached hydrogens (tertiary/aromatic N) is 5. The van der Waals surface area contributed by atoms with Gasteiger partial charge in [-0.1, -0.05) is 48.5 Å². The molecular weight excluding hydrogens is 466 g/mol. The predicted molar refractivity (Wildman–Crippen MR) is 144 cm³/mol. The minimum absolute atomic E-state index is 0.0771. The number of hydrogen-bond acceptors (Lipinski definition) is 7. The van der Waals surface area contributed by atoms with Gasteiger partial charge in [-0.2, -0.15) is 5.26 Å². The number of nitriles is 1. The van der Waals surface area contributed by atoms with Gasteiger partial charge in [-0.25, -0.2) is 9.97 Å². The molecule has 4 rings (SSSR count). The van der Waals surface area contributed by atoms with E-state index in [0.717, 1.165) is 16.9 Å². The van der Waals surface area contributed by atoms with Crippen LogP contribution in [0.5, 0.6) is 0 Å². The first-order chi connectivity index (χ1) is 18.0. The number of amides is 2. The van der Waals surface area contributed by atoms with Crippen molar-refractivity contribution in [2.45, 2.75) is 6.92 Å². The Morgan fingerprint density at radius 2 is 1.73 bits per heavy atom. The van der Waals surface area contributed by atoms with Gasteiger partial charge in [0.2, 0.25) is 11.8 Å². The molecule has 2 amide bonds. The molecule has 0 radical (unpaired) electrons. The lowest BCUT2D eigenvalue weighted by atomic mass is 10.1. The number of piperazine rings is 1. The Labute approximate surface area is 216 Å². The van der Waals surface area contributed by atoms with Gasteiger partial charge in [0, 0.05) is 63.9 Å². The maximum absolute atomic E-state index is 12.8. The van der Waals surface area contributed by atoms with Crippen molar-refractivity contribution in [3.63, 3.8) is 0 Å². The van der Waals surface area contributed by atoms with Gasteiger partial charge in [0.25, 0.3) is 0 Å². The fourth-order valence-electron chi connectivity index (χ4n) is 4.00. The van der Waals surface area contributed by atoms with Gasteiger partial charge in [-0.15, -0.1) is 0 Å². The molecule has 9 nitrogen and oxygen atoms in total. The average molecular weight is 496 g/mol. The molecule has 1 aliphatic heterocycles. The zero-order valence-corrected chi connectivity index (χ0v) is 20.7. The fourth-order valence-corrected chi connectivity index (χ4v) is 4.00. The average Bonchev–Trinajstić information content (AvgIpc) is 2.94. The van der Waals surface area contributed by atoms with Crippen molar-refractivity contribution in [1.29, 1.82) is 5.26 Å². The van der Waals surface area contributed by atoms with Crippen LogP contribution in [0.25, 0.3) is 17.5 Å². The van der Waals surface area contributed by atoms with Gasteiger partial charge in [-0.3, -0.25) is 9.59 Å². The summed E-state index contributed by atoms with van der Waals surface area (Å²) in [5.74, 6) is 1.90. The Kier molecular flexibility index (Phi) is 8.45. The lowest BCUT2D eigenvalue weighted by Gasteiger charge is -2.35. The first kappa shape index (κ1) is 25.4. The number of anilines is 2. The number of hydrogen-bond donors (Lipinski definition) is 2. The van der Waals surface area contributed by atoms with Gasteiger partial charge < -0.3 is 20.4 Å². The molecule has 1 fully saturated rings. The fraction of sp³-hybridized carbons (Fsp3) is 0.250. The van der Waals surface area contributed by atoms with Crippen LogP contribution in [0.3, 0.4) is 0 Å². The summed E-state index contributed by atoms with van der Waals surface area (Å²) in [6, 6.07) is 21.0. The molecule has 1 saturated heterocycles. The Hall–Kier alpha value is -4.71. The second-order valence-electron chi connectivity index (χ2n) is 8.56. The number of carbonyl (C=O) groups excluding carboxylic acids is 2. The third kappa shape index (κ3) is 6.92. The number of aromatic nitrogens is 2. The molecule has 1 aromatic heterocycles. The zero-order chi connectivity index (χ0) is 26.0. The van der Waals surface area contributed by atoms with Gasteiger partial charge >= 0.3 is 0 Å². The highest BCUT2D eigenvalue weighted by molar-refractivity contribution is 5.92. The standard InChI is InChI=1S/C28H29N7O2/c1-21(36)30-13-14-31-25-19-26(33-28(32-25)23-8-3-2-4-9-23)34-15-17-35(18-16-34)27(37)12-11-22-7-5-6-10-24(22)20-29/h2-12,19H,13-18H2,1H3,(H,30,36)(H,31,32,33)/b12-11+. The van der Waals surface area contributed by atoms with Crippen LogP contribution in [0.4, 0.5) is 11.6 Å². The summed E-state index contributed by atoms with van der Waals surface area (Å²) in [7, 11) is 0. The van der Waals surface area contributed by atoms with E-state index in [9.17, 15) is 14.9 Å². The molecule has 1 aliphatic rings. The Balaban J connectivity index is 1.44. The van der Waals surface area contributed by atoms with E-state index in [1.54, 1.807) is 23.1 Å². The SMILES string of the molecule is CC(=O)NCCNc1cc(N2CCN(C(=O)/C=C/c3ccccc3C#N)CC2)nc(-c2ccccc2)n1. The second-order valence-corrected chi connectivity index (χ2v) is 8.56. The van der Waals surface area contributed by atoms with Crippen LogP contribution in [0.1, 0.15) is 18.1 Å². The van der Waals surface area contributed by atoms with Crippen molar-refractivity contribution in [3.05, 3.63) is 77.9 Å². The normalized spacial score (nSPS) is 13.3. The molecule has 3 aromatic rings. The summed E-state index contributed by atoms with van der Waals surface area (Å²) in [5, 5.41) is 15.3. The zero-order valence-electron chi connectivity index (χ0n) is 20.7. The second kappa shape index (κ2) is 12.3. The molecule has 0 saturated carbocycles. The Morgan fingerprint density at radius 3 is 2.46 bits per heavy atom. The van der Waals surface area contributed by atoms with Crippen molar-refractivity contribution in [2.24, 2.45) is 0 Å². The summed E-state index contributed by atoms with van der Waals surface area (Å²) in [6.45, 7) is 4.88. The van der Waals surface area contributed by atoms with E-state index in [2.05, 4.69) is 26.6 Å². The van der Waals surface area contributed by atoms with Gasteiger partial charge in [0.05, 0.1) is 11.6 Å². The summed E-state index contributed by atoms with van der Waals surface area (Å²) >= 11 is 0. The number of nitrogens with one attached hydrogen (secondary N) is 2. The number of benzene rings is 2. The van der Waals surface area contributed by atoms with Crippen molar-refractivity contribution < 1.29 is 9.59 Å². The Morgan fingerprint density at radius 1 is 1.00 bits per heavy atom. The molecule has 0 spiro atoms. The molecular formula is C28H29N7O2. The molecule has 188 valence electrons. The van der Waals surface area contributed by atoms with E-state index in [0.29, 0.717) is 56.5 Å². The lowest BCUT2D eigenvalue weighted by Crippen LogP contribution is -2.48. The van der Waals surface area contributed by atoms with Crippen LogP contribution < -0.4 is 15.5 Å². The molecule has 0 unspecified atom stereocenters. The Bertz CT molecular complexity index is 1310. The summed E-state index contributed by atoms with van der Waals surface area (Å²) < 4.78 is 0. The van der Waals surface area contributed by atoms with Crippen molar-refractivity contribution in [2.75, 3.05) is 49.5 Å². The lowest BCUT2D eigenvalue weighted by molar-refractivity contribution is -0.126. The molecule has 0 atom stereocenters. The van der Waals surface area contributed by atoms with Crippen LogP contribution in [-0.2, 0) is 9.59 Å². The van der Waals surface area contributed by atoms with Crippen LogP contribution in [0.2, 0.25) is 0 Å². The van der Waals surface area contributed by atoms with Gasteiger partial charge in [0.15, 0.2) is 5.82 Å². The van der Waals surface area contributed by atoms with Gasteiger partial charge in [-0.05, 0) is 17.7 Å². The van der Waals surface area contributed by atoms with Crippen LogP contribution in [0, 0.1) is 11.3 Å². The molecule has 2 heterocycles. The smallest absolute Gasteiger partial charge is 0.246 e. The molecule has 2 N–H and O–H groups in total. The molecule has 37 heavy (non-hydrogen) atoms. The van der Waals surface area contributed by atoms with E-state index in [4.69, 9.17) is 4.98 Å². The van der Waals surface area contributed by atoms with Gasteiger partial charge in [0.1, 0.15) is 11.6 Å². The van der Waals surface area contributed by atoms with Crippen LogP contribution >= 0.6 is 0 Å². The summed E-state index contributed by atoms with van der Waals surface area (Å²) in [5.41, 5.74) is 2.17. The first-order valence-corrected chi connectivity index (χ1v) is 12.2. The first-order valence-electron chi connectivity index (χ1n) is 12.2. The minimum atomic E-state index is -0.0830. The predicted octanol–water partition coefficient (Wildman–Crippen LogP) is 2.93. The topological polar surface area (TPSA) is 114 Å². The largest absolute Gasteiger partial charge is 0.368 e. The van der Waals surface area contributed by atoms with Crippen molar-refractivity contribution in [3.8, 4) is 17.5 Å². The highest BCUT2D eigenvalue weighted by Gasteiger charge is 2.22. The highest BCUT2D eigenvalue weighted by Crippen LogP contribution is 2.23. The maximum atomic E-state index is 12.8. The molecule has 9 heteroatoms. The molecule has 0 bridgehead atoms. The third-order valence-electron chi connectivity index (χ3n) is 5.95. The highest BCUT2D eigenvalue weighted by atomic mass is 16.2. The van der Waals surface area contributed by atoms with Crippen molar-refractivity contribution in [1.82, 2.24) is 20.2 Å². The quantitative estimate of drug-likeness (QED) is 0.365. The molecule has 0 aliphatic carbocycles. The van der Waals surface area contributed by atoms with Crippen molar-refractivity contribution >= 4 is 29.5 Å². The molecule has 2 aromatic carbocycles. The number of carbonyl (C=O) groups is 2. The third-order valence-corrected chi connectivity index (χ3v) is 5.95. The minimum Gasteiger partial charge on any atom is -0.368 e. The van der Waals surface area contributed by atoms with E-state index >= 15 is 0 Å². The summed E-state index contributed by atoms with van der Waals surface area (Å²) in [6.07, 6.45) is 3.23. The van der Waals surface area contributed by atoms with E-state index in [1.807, 2.05) is 48.5 Å². The van der Waals surface area contributed by atoms with Crippen LogP contribution in [-0.4, -0.2) is 66.0 Å². The number of rotatable bonds is 8. The van der Waals surface area contributed by atoms with E-state index in [1.165, 1.54) is 13.0 Å². The summed E-state index contributed by atoms with van der Waals surface area (Å²) in [4.78, 5) is 37.3.